The van der Waals surface area contributed by atoms with E-state index < -0.39 is 5.91 Å². The van der Waals surface area contributed by atoms with Gasteiger partial charge in [0, 0.05) is 5.56 Å². The average molecular weight is 270 g/mol. The summed E-state index contributed by atoms with van der Waals surface area (Å²) in [5.41, 5.74) is 7.23. The first-order chi connectivity index (χ1) is 9.65. The van der Waals surface area contributed by atoms with Crippen molar-refractivity contribution in [2.45, 2.75) is 0 Å². The van der Waals surface area contributed by atoms with Crippen LogP contribution in [0.2, 0.25) is 0 Å². The minimum absolute atomic E-state index is 0.126. The van der Waals surface area contributed by atoms with E-state index >= 15 is 0 Å². The molecule has 20 heavy (non-hydrogen) atoms. The number of nitrogens with one attached hydrogen (secondary N) is 3. The molecule has 0 atom stereocenters. The Hall–Kier alpha value is -3.16. The first-order valence-corrected chi connectivity index (χ1v) is 5.73. The number of nitrogens with zero attached hydrogens (tertiary/aromatic N) is 2. The molecule has 2 heterocycles. The van der Waals surface area contributed by atoms with Crippen LogP contribution >= 0.6 is 0 Å². The summed E-state index contributed by atoms with van der Waals surface area (Å²) < 4.78 is 0. The normalized spacial score (nSPS) is 10.6. The molecule has 0 aliphatic carbocycles. The second-order valence-electron chi connectivity index (χ2n) is 4.11. The van der Waals surface area contributed by atoms with Crippen molar-refractivity contribution < 1.29 is 9.59 Å². The molecule has 0 unspecified atom stereocenters. The lowest BCUT2D eigenvalue weighted by atomic mass is 10.2. The summed E-state index contributed by atoms with van der Waals surface area (Å²) in [6, 6.07) is 5.03. The molecular formula is C12H10N6O2. The zero-order chi connectivity index (χ0) is 14.1. The van der Waals surface area contributed by atoms with Crippen LogP contribution in [0.3, 0.4) is 0 Å². The quantitative estimate of drug-likeness (QED) is 0.556. The molecule has 100 valence electrons. The van der Waals surface area contributed by atoms with Crippen LogP contribution < -0.4 is 11.1 Å². The lowest BCUT2D eigenvalue weighted by molar-refractivity contribution is 0.100. The monoisotopic (exact) mass is 270 g/mol. The van der Waals surface area contributed by atoms with Crippen molar-refractivity contribution in [3.63, 3.8) is 0 Å². The van der Waals surface area contributed by atoms with Crippen molar-refractivity contribution in [3.8, 4) is 0 Å². The molecule has 1 aromatic carbocycles. The van der Waals surface area contributed by atoms with Gasteiger partial charge in [0.25, 0.3) is 11.8 Å². The van der Waals surface area contributed by atoms with Crippen LogP contribution in [0.5, 0.6) is 0 Å². The molecule has 8 nitrogen and oxygen atoms in total. The van der Waals surface area contributed by atoms with Gasteiger partial charge in [-0.05, 0) is 18.2 Å². The van der Waals surface area contributed by atoms with Crippen LogP contribution in [0, 0.1) is 0 Å². The molecule has 0 aliphatic heterocycles. The van der Waals surface area contributed by atoms with E-state index in [2.05, 4.69) is 25.5 Å². The molecule has 0 saturated carbocycles. The topological polar surface area (TPSA) is 130 Å². The number of primary amides is 1. The van der Waals surface area contributed by atoms with E-state index in [1.165, 1.54) is 6.20 Å². The van der Waals surface area contributed by atoms with Crippen LogP contribution in [-0.4, -0.2) is 32.0 Å². The summed E-state index contributed by atoms with van der Waals surface area (Å²) in [6.07, 6.45) is 2.81. The fourth-order valence-corrected chi connectivity index (χ4v) is 1.83. The molecule has 0 aliphatic rings. The average Bonchev–Trinajstić information content (AvgIpc) is 3.05. The van der Waals surface area contributed by atoms with Gasteiger partial charge >= 0.3 is 0 Å². The van der Waals surface area contributed by atoms with Crippen LogP contribution in [0.4, 0.5) is 5.82 Å². The fourth-order valence-electron chi connectivity index (χ4n) is 1.83. The van der Waals surface area contributed by atoms with E-state index in [1.807, 2.05) is 0 Å². The minimum Gasteiger partial charge on any atom is -0.365 e. The predicted molar refractivity (Wildman–Crippen MR) is 71.2 cm³/mol. The fraction of sp³-hybridized carbons (Fsp3) is 0. The number of H-pyrrole nitrogens is 2. The highest BCUT2D eigenvalue weighted by atomic mass is 16.2. The first kappa shape index (κ1) is 11.9. The first-order valence-electron chi connectivity index (χ1n) is 5.73. The zero-order valence-electron chi connectivity index (χ0n) is 10.2. The third kappa shape index (κ3) is 1.99. The van der Waals surface area contributed by atoms with Gasteiger partial charge in [0.2, 0.25) is 0 Å². The number of amides is 2. The number of rotatable bonds is 3. The van der Waals surface area contributed by atoms with Gasteiger partial charge in [-0.25, -0.2) is 4.98 Å². The second-order valence-corrected chi connectivity index (χ2v) is 4.11. The van der Waals surface area contributed by atoms with E-state index in [-0.39, 0.29) is 17.3 Å². The summed E-state index contributed by atoms with van der Waals surface area (Å²) >= 11 is 0. The summed E-state index contributed by atoms with van der Waals surface area (Å²) in [5.74, 6) is -0.876. The van der Waals surface area contributed by atoms with Crippen LogP contribution in [-0.2, 0) is 0 Å². The van der Waals surface area contributed by atoms with Crippen molar-refractivity contribution in [3.05, 3.63) is 41.9 Å². The van der Waals surface area contributed by atoms with Gasteiger partial charge < -0.3 is 16.0 Å². The maximum absolute atomic E-state index is 12.1. The number of hydrogen-bond donors (Lipinski definition) is 4. The van der Waals surface area contributed by atoms with Crippen molar-refractivity contribution in [1.82, 2.24) is 20.2 Å². The Morgan fingerprint density at radius 1 is 1.30 bits per heavy atom. The van der Waals surface area contributed by atoms with E-state index in [0.29, 0.717) is 5.56 Å². The molecule has 0 fully saturated rings. The summed E-state index contributed by atoms with van der Waals surface area (Å²) in [4.78, 5) is 30.2. The molecule has 3 aromatic rings. The molecule has 3 rings (SSSR count). The maximum atomic E-state index is 12.1. The number of anilines is 1. The van der Waals surface area contributed by atoms with E-state index in [9.17, 15) is 9.59 Å². The van der Waals surface area contributed by atoms with Crippen molar-refractivity contribution >= 4 is 28.7 Å². The van der Waals surface area contributed by atoms with Crippen LogP contribution in [0.25, 0.3) is 11.0 Å². The maximum Gasteiger partial charge on any atom is 0.256 e. The number of aromatic amines is 2. The molecule has 0 spiro atoms. The molecule has 2 amide bonds. The molecule has 2 aromatic heterocycles. The van der Waals surface area contributed by atoms with E-state index in [0.717, 1.165) is 11.0 Å². The third-order valence-corrected chi connectivity index (χ3v) is 2.83. The highest BCUT2D eigenvalue weighted by Gasteiger charge is 2.14. The number of carbonyl (C=O) groups excluding carboxylic acids is 2. The highest BCUT2D eigenvalue weighted by Crippen LogP contribution is 2.15. The molecule has 0 saturated heterocycles. The van der Waals surface area contributed by atoms with Gasteiger partial charge in [-0.2, -0.15) is 5.10 Å². The molecule has 8 heteroatoms. The number of benzene rings is 1. The Bertz CT molecular complexity index is 803. The van der Waals surface area contributed by atoms with E-state index in [1.54, 1.807) is 24.5 Å². The van der Waals surface area contributed by atoms with Crippen molar-refractivity contribution in [2.75, 3.05) is 5.32 Å². The Morgan fingerprint density at radius 2 is 2.15 bits per heavy atom. The number of carbonyl (C=O) groups is 2. The largest absolute Gasteiger partial charge is 0.365 e. The highest BCUT2D eigenvalue weighted by molar-refractivity contribution is 6.08. The van der Waals surface area contributed by atoms with Gasteiger partial charge in [-0.15, -0.1) is 0 Å². The zero-order valence-corrected chi connectivity index (χ0v) is 10.2. The Balaban J connectivity index is 1.88. The lowest BCUT2D eigenvalue weighted by Crippen LogP contribution is -2.17. The number of aromatic nitrogens is 4. The number of imidazole rings is 1. The number of fused-ring (bicyclic) bond motifs is 1. The second kappa shape index (κ2) is 4.50. The third-order valence-electron chi connectivity index (χ3n) is 2.83. The van der Waals surface area contributed by atoms with Crippen molar-refractivity contribution in [2.24, 2.45) is 5.73 Å². The smallest absolute Gasteiger partial charge is 0.256 e. The van der Waals surface area contributed by atoms with E-state index in [4.69, 9.17) is 5.73 Å². The molecule has 0 bridgehead atoms. The van der Waals surface area contributed by atoms with Crippen LogP contribution in [0.15, 0.2) is 30.7 Å². The van der Waals surface area contributed by atoms with Gasteiger partial charge in [-0.3, -0.25) is 14.7 Å². The predicted octanol–water partition coefficient (Wildman–Crippen LogP) is 0.637. The Morgan fingerprint density at radius 3 is 2.95 bits per heavy atom. The van der Waals surface area contributed by atoms with Crippen molar-refractivity contribution in [1.29, 1.82) is 0 Å². The van der Waals surface area contributed by atoms with Gasteiger partial charge in [-0.1, -0.05) is 0 Å². The molecular weight excluding hydrogens is 260 g/mol. The Kier molecular flexibility index (Phi) is 2.68. The van der Waals surface area contributed by atoms with Gasteiger partial charge in [0.1, 0.15) is 11.4 Å². The lowest BCUT2D eigenvalue weighted by Gasteiger charge is -2.04. The summed E-state index contributed by atoms with van der Waals surface area (Å²) in [5, 5.41) is 8.74. The Labute approximate surface area is 112 Å². The van der Waals surface area contributed by atoms with Gasteiger partial charge in [0.05, 0.1) is 23.6 Å². The molecule has 0 radical (unpaired) electrons. The number of hydrogen-bond acceptors (Lipinski definition) is 4. The van der Waals surface area contributed by atoms with Crippen LogP contribution in [0.1, 0.15) is 20.7 Å². The summed E-state index contributed by atoms with van der Waals surface area (Å²) in [6.45, 7) is 0. The summed E-state index contributed by atoms with van der Waals surface area (Å²) in [7, 11) is 0. The minimum atomic E-state index is -0.668. The standard InChI is InChI=1S/C12H10N6O2/c13-10(19)7-4-16-18-11(7)17-12(20)6-1-2-8-9(3-6)15-5-14-8/h1-5H,(H2,13,19)(H,14,15)(H2,16,17,18,20). The molecule has 5 N–H and O–H groups in total. The van der Waals surface area contributed by atoms with Gasteiger partial charge in [0.15, 0.2) is 0 Å². The number of nitrogens with two attached hydrogens (primary N) is 1. The SMILES string of the molecule is NC(=O)c1cn[nH]c1NC(=O)c1ccc2nc[nH]c2c1.